The first-order valence-electron chi connectivity index (χ1n) is 5.41. The van der Waals surface area contributed by atoms with Crippen LogP contribution >= 0.6 is 11.3 Å². The standard InChI is InChI=1S/C11H16N4S/c1-7(2)3-4-9-13-10(15-12)8-5-6-16-11(8)14-9/h5-7H,3-4,12H2,1-2H3,(H,13,14,15). The second kappa shape index (κ2) is 4.76. The molecule has 4 nitrogen and oxygen atoms in total. The number of nitrogens with two attached hydrogens (primary N) is 1. The number of fused-ring (bicyclic) bond motifs is 1. The quantitative estimate of drug-likeness (QED) is 0.632. The fourth-order valence-corrected chi connectivity index (χ4v) is 2.32. The predicted molar refractivity (Wildman–Crippen MR) is 68.4 cm³/mol. The van der Waals surface area contributed by atoms with Crippen LogP contribution in [0.25, 0.3) is 10.2 Å². The second-order valence-electron chi connectivity index (χ2n) is 4.20. The van der Waals surface area contributed by atoms with Gasteiger partial charge in [-0.1, -0.05) is 13.8 Å². The molecular formula is C11H16N4S. The van der Waals surface area contributed by atoms with Crippen LogP contribution in [-0.4, -0.2) is 9.97 Å². The minimum absolute atomic E-state index is 0.664. The molecule has 0 amide bonds. The van der Waals surface area contributed by atoms with E-state index >= 15 is 0 Å². The van der Waals surface area contributed by atoms with Gasteiger partial charge in [0.05, 0.1) is 5.39 Å². The summed E-state index contributed by atoms with van der Waals surface area (Å²) in [7, 11) is 0. The van der Waals surface area contributed by atoms with Gasteiger partial charge < -0.3 is 5.43 Å². The average Bonchev–Trinajstić information content (AvgIpc) is 2.73. The molecule has 0 saturated heterocycles. The lowest BCUT2D eigenvalue weighted by molar-refractivity contribution is 0.576. The monoisotopic (exact) mass is 236 g/mol. The largest absolute Gasteiger partial charge is 0.308 e. The van der Waals surface area contributed by atoms with E-state index in [1.54, 1.807) is 11.3 Å². The molecule has 0 fully saturated rings. The molecule has 2 heterocycles. The second-order valence-corrected chi connectivity index (χ2v) is 5.10. The minimum Gasteiger partial charge on any atom is -0.308 e. The van der Waals surface area contributed by atoms with Crippen molar-refractivity contribution in [3.05, 3.63) is 17.3 Å². The molecule has 0 saturated carbocycles. The predicted octanol–water partition coefficient (Wildman–Crippen LogP) is 2.57. The van der Waals surface area contributed by atoms with Gasteiger partial charge in [-0.2, -0.15) is 0 Å². The Kier molecular flexibility index (Phi) is 3.36. The van der Waals surface area contributed by atoms with Crippen molar-refractivity contribution in [3.63, 3.8) is 0 Å². The van der Waals surface area contributed by atoms with Crippen LogP contribution < -0.4 is 11.3 Å². The maximum atomic E-state index is 5.46. The van der Waals surface area contributed by atoms with Crippen LogP contribution in [0.4, 0.5) is 5.82 Å². The van der Waals surface area contributed by atoms with Crippen LogP contribution in [-0.2, 0) is 6.42 Å². The van der Waals surface area contributed by atoms with Gasteiger partial charge in [0.15, 0.2) is 5.82 Å². The Morgan fingerprint density at radius 2 is 2.25 bits per heavy atom. The molecule has 86 valence electrons. The lowest BCUT2D eigenvalue weighted by Gasteiger charge is -2.06. The van der Waals surface area contributed by atoms with Gasteiger partial charge in [-0.3, -0.25) is 0 Å². The van der Waals surface area contributed by atoms with E-state index in [4.69, 9.17) is 5.84 Å². The van der Waals surface area contributed by atoms with Crippen LogP contribution in [0.5, 0.6) is 0 Å². The smallest absolute Gasteiger partial charge is 0.152 e. The lowest BCUT2D eigenvalue weighted by atomic mass is 10.1. The highest BCUT2D eigenvalue weighted by atomic mass is 32.1. The van der Waals surface area contributed by atoms with Crippen molar-refractivity contribution in [2.75, 3.05) is 5.43 Å². The number of aryl methyl sites for hydroxylation is 1. The van der Waals surface area contributed by atoms with E-state index in [-0.39, 0.29) is 0 Å². The normalized spacial score (nSPS) is 11.2. The third-order valence-electron chi connectivity index (χ3n) is 2.45. The first-order valence-corrected chi connectivity index (χ1v) is 6.29. The molecule has 0 aliphatic heterocycles. The summed E-state index contributed by atoms with van der Waals surface area (Å²) in [6, 6.07) is 1.99. The summed E-state index contributed by atoms with van der Waals surface area (Å²) in [5, 5.41) is 3.01. The number of anilines is 1. The minimum atomic E-state index is 0.664. The SMILES string of the molecule is CC(C)CCc1nc(NN)c2ccsc2n1. The summed E-state index contributed by atoms with van der Waals surface area (Å²) in [5.74, 6) is 7.73. The van der Waals surface area contributed by atoms with Crippen molar-refractivity contribution in [3.8, 4) is 0 Å². The average molecular weight is 236 g/mol. The van der Waals surface area contributed by atoms with Gasteiger partial charge in [0.1, 0.15) is 10.7 Å². The molecule has 2 rings (SSSR count). The van der Waals surface area contributed by atoms with Gasteiger partial charge in [-0.15, -0.1) is 11.3 Å². The molecule has 0 bridgehead atoms. The van der Waals surface area contributed by atoms with E-state index < -0.39 is 0 Å². The highest BCUT2D eigenvalue weighted by Gasteiger charge is 2.08. The topological polar surface area (TPSA) is 63.8 Å². The van der Waals surface area contributed by atoms with Crippen LogP contribution in [0.3, 0.4) is 0 Å². The molecule has 2 aromatic rings. The maximum Gasteiger partial charge on any atom is 0.152 e. The number of nitrogens with zero attached hydrogens (tertiary/aromatic N) is 2. The Bertz CT molecular complexity index is 478. The van der Waals surface area contributed by atoms with Crippen LogP contribution in [0.1, 0.15) is 26.1 Å². The molecule has 0 radical (unpaired) electrons. The molecule has 2 aromatic heterocycles. The molecular weight excluding hydrogens is 220 g/mol. The van der Waals surface area contributed by atoms with Crippen molar-refractivity contribution >= 4 is 27.4 Å². The zero-order valence-electron chi connectivity index (χ0n) is 9.53. The van der Waals surface area contributed by atoms with E-state index in [0.717, 1.165) is 34.7 Å². The van der Waals surface area contributed by atoms with E-state index in [1.165, 1.54) is 0 Å². The van der Waals surface area contributed by atoms with Gasteiger partial charge >= 0.3 is 0 Å². The zero-order chi connectivity index (χ0) is 11.5. The Morgan fingerprint density at radius 3 is 2.94 bits per heavy atom. The molecule has 0 atom stereocenters. The van der Waals surface area contributed by atoms with Gasteiger partial charge in [0.25, 0.3) is 0 Å². The maximum absolute atomic E-state index is 5.46. The third-order valence-corrected chi connectivity index (χ3v) is 3.26. The zero-order valence-corrected chi connectivity index (χ0v) is 10.3. The van der Waals surface area contributed by atoms with Crippen molar-refractivity contribution in [2.24, 2.45) is 11.8 Å². The Hall–Kier alpha value is -1.20. The summed E-state index contributed by atoms with van der Waals surface area (Å²) in [6.07, 6.45) is 2.00. The molecule has 3 N–H and O–H groups in total. The van der Waals surface area contributed by atoms with Gasteiger partial charge in [-0.25, -0.2) is 15.8 Å². The van der Waals surface area contributed by atoms with Crippen molar-refractivity contribution < 1.29 is 0 Å². The van der Waals surface area contributed by atoms with Crippen molar-refractivity contribution in [1.29, 1.82) is 0 Å². The van der Waals surface area contributed by atoms with Gasteiger partial charge in [0.2, 0.25) is 0 Å². The molecule has 0 aliphatic rings. The molecule has 0 spiro atoms. The number of hydrazine groups is 1. The first-order chi connectivity index (χ1) is 7.70. The number of nitrogens with one attached hydrogen (secondary N) is 1. The van der Waals surface area contributed by atoms with E-state index in [1.807, 2.05) is 11.4 Å². The van der Waals surface area contributed by atoms with E-state index in [2.05, 4.69) is 29.2 Å². The van der Waals surface area contributed by atoms with E-state index in [0.29, 0.717) is 5.92 Å². The summed E-state index contributed by atoms with van der Waals surface area (Å²) in [6.45, 7) is 4.40. The number of nitrogen functional groups attached to an aromatic ring is 1. The van der Waals surface area contributed by atoms with Crippen molar-refractivity contribution in [2.45, 2.75) is 26.7 Å². The fraction of sp³-hybridized carbons (Fsp3) is 0.455. The number of hydrogen-bond acceptors (Lipinski definition) is 5. The Morgan fingerprint density at radius 1 is 1.44 bits per heavy atom. The highest BCUT2D eigenvalue weighted by molar-refractivity contribution is 7.16. The Labute approximate surface area is 98.9 Å². The highest BCUT2D eigenvalue weighted by Crippen LogP contribution is 2.24. The van der Waals surface area contributed by atoms with Crippen molar-refractivity contribution in [1.82, 2.24) is 9.97 Å². The van der Waals surface area contributed by atoms with Crippen LogP contribution in [0.15, 0.2) is 11.4 Å². The summed E-state index contributed by atoms with van der Waals surface area (Å²) < 4.78 is 0. The summed E-state index contributed by atoms with van der Waals surface area (Å²) in [4.78, 5) is 9.95. The number of thiophene rings is 1. The lowest BCUT2D eigenvalue weighted by Crippen LogP contribution is -2.11. The number of hydrogen-bond donors (Lipinski definition) is 2. The molecule has 0 aromatic carbocycles. The van der Waals surface area contributed by atoms with Gasteiger partial charge in [0, 0.05) is 6.42 Å². The Balaban J connectivity index is 2.32. The van der Waals surface area contributed by atoms with E-state index in [9.17, 15) is 0 Å². The number of rotatable bonds is 4. The molecule has 0 unspecified atom stereocenters. The summed E-state index contributed by atoms with van der Waals surface area (Å²) in [5.41, 5.74) is 2.64. The summed E-state index contributed by atoms with van der Waals surface area (Å²) >= 11 is 1.62. The van der Waals surface area contributed by atoms with Crippen LogP contribution in [0, 0.1) is 5.92 Å². The fourth-order valence-electron chi connectivity index (χ4n) is 1.54. The van der Waals surface area contributed by atoms with Gasteiger partial charge in [-0.05, 0) is 23.8 Å². The first kappa shape index (κ1) is 11.3. The van der Waals surface area contributed by atoms with Crippen LogP contribution in [0.2, 0.25) is 0 Å². The number of aromatic nitrogens is 2. The molecule has 0 aliphatic carbocycles. The molecule has 16 heavy (non-hydrogen) atoms. The molecule has 5 heteroatoms. The third kappa shape index (κ3) is 2.31.